The molecule has 10 heteroatoms. The highest BCUT2D eigenvalue weighted by molar-refractivity contribution is 5.99. The third-order valence-corrected chi connectivity index (χ3v) is 4.85. The Labute approximate surface area is 166 Å². The van der Waals surface area contributed by atoms with Crippen molar-refractivity contribution in [1.82, 2.24) is 19.7 Å². The minimum absolute atomic E-state index is 0. The van der Waals surface area contributed by atoms with E-state index in [9.17, 15) is 9.59 Å². The monoisotopic (exact) mass is 404 g/mol. The molecule has 3 heterocycles. The van der Waals surface area contributed by atoms with Gasteiger partial charge in [-0.25, -0.2) is 9.97 Å². The first-order valence-electron chi connectivity index (χ1n) is 8.81. The van der Waals surface area contributed by atoms with E-state index in [1.807, 2.05) is 0 Å². The molecule has 0 spiro atoms. The van der Waals surface area contributed by atoms with E-state index in [1.165, 1.54) is 17.0 Å². The average molecular weight is 405 g/mol. The number of aromatic nitrogens is 3. The number of carbonyl (C=O) groups excluding carboxylic acids is 2. The third kappa shape index (κ3) is 3.71. The lowest BCUT2D eigenvalue weighted by molar-refractivity contribution is 0.0918. The van der Waals surface area contributed by atoms with E-state index < -0.39 is 5.91 Å². The summed E-state index contributed by atoms with van der Waals surface area (Å²) >= 11 is 0. The smallest absolute Gasteiger partial charge is 0.271 e. The largest absolute Gasteiger partial charge is 0.463 e. The van der Waals surface area contributed by atoms with Crippen LogP contribution in [0, 0.1) is 0 Å². The number of primary amides is 1. The number of carbonyl (C=O) groups is 2. The summed E-state index contributed by atoms with van der Waals surface area (Å²) in [6.07, 6.45) is 6.32. The number of rotatable bonds is 4. The van der Waals surface area contributed by atoms with E-state index in [0.717, 1.165) is 25.7 Å². The van der Waals surface area contributed by atoms with Crippen molar-refractivity contribution >= 4 is 29.9 Å². The average Bonchev–Trinajstić information content (AvgIpc) is 3.32. The van der Waals surface area contributed by atoms with Gasteiger partial charge in [0.2, 0.25) is 0 Å². The lowest BCUT2D eigenvalue weighted by Crippen LogP contribution is -2.41. The van der Waals surface area contributed by atoms with Gasteiger partial charge in [-0.15, -0.1) is 12.4 Å². The molecule has 0 radical (unpaired) electrons. The van der Waals surface area contributed by atoms with Gasteiger partial charge in [0.15, 0.2) is 17.1 Å². The number of furan rings is 1. The van der Waals surface area contributed by atoms with Crippen LogP contribution in [-0.2, 0) is 0 Å². The lowest BCUT2D eigenvalue weighted by Gasteiger charge is -2.26. The summed E-state index contributed by atoms with van der Waals surface area (Å²) in [5, 5.41) is 3.04. The van der Waals surface area contributed by atoms with Crippen molar-refractivity contribution in [3.05, 3.63) is 42.2 Å². The van der Waals surface area contributed by atoms with Gasteiger partial charge in [0, 0.05) is 12.1 Å². The van der Waals surface area contributed by atoms with Crippen LogP contribution in [0.4, 0.5) is 0 Å². The Kier molecular flexibility index (Phi) is 5.66. The van der Waals surface area contributed by atoms with Crippen LogP contribution in [0.2, 0.25) is 0 Å². The predicted octanol–water partition coefficient (Wildman–Crippen LogP) is 1.51. The quantitative estimate of drug-likeness (QED) is 0.601. The van der Waals surface area contributed by atoms with Crippen molar-refractivity contribution in [3.8, 4) is 11.5 Å². The number of nitrogens with one attached hydrogen (secondary N) is 1. The fourth-order valence-electron chi connectivity index (χ4n) is 3.39. The van der Waals surface area contributed by atoms with E-state index in [2.05, 4.69) is 15.3 Å². The van der Waals surface area contributed by atoms with Gasteiger partial charge < -0.3 is 21.2 Å². The Balaban J connectivity index is 0.00000225. The van der Waals surface area contributed by atoms with Gasteiger partial charge in [-0.05, 0) is 43.9 Å². The molecular formula is C18H21ClN6O3. The topological polar surface area (TPSA) is 142 Å². The van der Waals surface area contributed by atoms with E-state index in [4.69, 9.17) is 15.9 Å². The van der Waals surface area contributed by atoms with E-state index in [-0.39, 0.29) is 41.7 Å². The normalized spacial score (nSPS) is 19.2. The maximum atomic E-state index is 12.9. The van der Waals surface area contributed by atoms with Crippen LogP contribution < -0.4 is 16.8 Å². The molecule has 1 fully saturated rings. The summed E-state index contributed by atoms with van der Waals surface area (Å²) in [5.74, 6) is -0.509. The van der Waals surface area contributed by atoms with Crippen molar-refractivity contribution in [2.75, 3.05) is 0 Å². The standard InChI is InChI=1S/C18H20N6O3.ClH/c19-10-3-5-11(6-4-10)22-18(26)13-8-12(14-2-1-7-27-14)23-17-15(16(20)25)21-9-24(13)17;/h1-2,7-11H,3-6,19H2,(H2,20,25)(H,22,26);1H. The summed E-state index contributed by atoms with van der Waals surface area (Å²) in [6, 6.07) is 5.32. The number of halogens is 1. The van der Waals surface area contributed by atoms with Gasteiger partial charge in [-0.1, -0.05) is 0 Å². The Morgan fingerprint density at radius 3 is 2.64 bits per heavy atom. The van der Waals surface area contributed by atoms with Crippen molar-refractivity contribution in [2.45, 2.75) is 37.8 Å². The Bertz CT molecular complexity index is 992. The first-order valence-corrected chi connectivity index (χ1v) is 8.81. The maximum Gasteiger partial charge on any atom is 0.271 e. The van der Waals surface area contributed by atoms with Gasteiger partial charge in [0.05, 0.1) is 6.26 Å². The highest BCUT2D eigenvalue weighted by Gasteiger charge is 2.24. The molecule has 1 aliphatic rings. The van der Waals surface area contributed by atoms with Crippen LogP contribution in [0.15, 0.2) is 35.2 Å². The molecule has 3 aromatic rings. The number of amides is 2. The third-order valence-electron chi connectivity index (χ3n) is 4.85. The summed E-state index contributed by atoms with van der Waals surface area (Å²) in [6.45, 7) is 0. The first kappa shape index (κ1) is 19.8. The molecule has 0 aliphatic heterocycles. The molecule has 1 saturated carbocycles. The number of hydrogen-bond acceptors (Lipinski definition) is 6. The number of fused-ring (bicyclic) bond motifs is 1. The number of nitrogens with zero attached hydrogens (tertiary/aromatic N) is 3. The minimum Gasteiger partial charge on any atom is -0.463 e. The second-order valence-electron chi connectivity index (χ2n) is 6.74. The lowest BCUT2D eigenvalue weighted by atomic mass is 9.92. The molecule has 3 aromatic heterocycles. The second kappa shape index (κ2) is 7.99. The van der Waals surface area contributed by atoms with Crippen LogP contribution >= 0.6 is 12.4 Å². The zero-order valence-electron chi connectivity index (χ0n) is 15.0. The molecule has 148 valence electrons. The van der Waals surface area contributed by atoms with Gasteiger partial charge in [0.1, 0.15) is 17.7 Å². The molecule has 0 bridgehead atoms. The van der Waals surface area contributed by atoms with E-state index in [0.29, 0.717) is 17.1 Å². The van der Waals surface area contributed by atoms with Gasteiger partial charge in [-0.3, -0.25) is 14.0 Å². The van der Waals surface area contributed by atoms with Crippen molar-refractivity contribution in [3.63, 3.8) is 0 Å². The SMILES string of the molecule is Cl.NC(=O)c1ncn2c(C(=O)NC3CCC(N)CC3)cc(-c3ccco3)nc12. The van der Waals surface area contributed by atoms with Gasteiger partial charge in [0.25, 0.3) is 11.8 Å². The van der Waals surface area contributed by atoms with Crippen LogP contribution in [0.5, 0.6) is 0 Å². The first-order chi connectivity index (χ1) is 13.0. The molecule has 1 aliphatic carbocycles. The Morgan fingerprint density at radius 1 is 1.25 bits per heavy atom. The number of hydrogen-bond donors (Lipinski definition) is 3. The number of imidazole rings is 1. The van der Waals surface area contributed by atoms with Crippen LogP contribution in [0.25, 0.3) is 17.1 Å². The molecule has 0 saturated heterocycles. The molecule has 0 atom stereocenters. The molecule has 0 unspecified atom stereocenters. The van der Waals surface area contributed by atoms with Crippen molar-refractivity contribution in [2.24, 2.45) is 11.5 Å². The molecule has 9 nitrogen and oxygen atoms in total. The highest BCUT2D eigenvalue weighted by atomic mass is 35.5. The Morgan fingerprint density at radius 2 is 2.00 bits per heavy atom. The molecule has 4 rings (SSSR count). The van der Waals surface area contributed by atoms with Crippen LogP contribution in [0.3, 0.4) is 0 Å². The minimum atomic E-state index is -0.714. The zero-order chi connectivity index (χ0) is 19.0. The van der Waals surface area contributed by atoms with Crippen molar-refractivity contribution in [1.29, 1.82) is 0 Å². The molecular weight excluding hydrogens is 384 g/mol. The van der Waals surface area contributed by atoms with Gasteiger partial charge >= 0.3 is 0 Å². The highest BCUT2D eigenvalue weighted by Crippen LogP contribution is 2.23. The summed E-state index contributed by atoms with van der Waals surface area (Å²) in [4.78, 5) is 33.0. The van der Waals surface area contributed by atoms with Crippen LogP contribution in [-0.4, -0.2) is 38.3 Å². The summed E-state index contributed by atoms with van der Waals surface area (Å²) in [7, 11) is 0. The second-order valence-corrected chi connectivity index (χ2v) is 6.74. The van der Waals surface area contributed by atoms with Crippen molar-refractivity contribution < 1.29 is 14.0 Å². The Hall–Kier alpha value is -2.91. The van der Waals surface area contributed by atoms with Gasteiger partial charge in [-0.2, -0.15) is 0 Å². The molecule has 0 aromatic carbocycles. The predicted molar refractivity (Wildman–Crippen MR) is 104 cm³/mol. The fourth-order valence-corrected chi connectivity index (χ4v) is 3.39. The molecule has 28 heavy (non-hydrogen) atoms. The summed E-state index contributed by atoms with van der Waals surface area (Å²) < 4.78 is 6.86. The maximum absolute atomic E-state index is 12.9. The number of nitrogens with two attached hydrogens (primary N) is 2. The summed E-state index contributed by atoms with van der Waals surface area (Å²) in [5.41, 5.74) is 12.3. The van der Waals surface area contributed by atoms with E-state index in [1.54, 1.807) is 18.2 Å². The zero-order valence-corrected chi connectivity index (χ0v) is 15.8. The molecule has 5 N–H and O–H groups in total. The molecule has 2 amide bonds. The van der Waals surface area contributed by atoms with Crippen LogP contribution in [0.1, 0.15) is 46.7 Å². The van der Waals surface area contributed by atoms with E-state index >= 15 is 0 Å². The fraction of sp³-hybridized carbons (Fsp3) is 0.333.